The normalized spacial score (nSPS) is 10.3. The molecule has 0 aliphatic carbocycles. The third-order valence-electron chi connectivity index (χ3n) is 2.58. The Morgan fingerprint density at radius 2 is 2.20 bits per heavy atom. The van der Waals surface area contributed by atoms with Gasteiger partial charge in [0.15, 0.2) is 5.82 Å². The van der Waals surface area contributed by atoms with Crippen LogP contribution in [0.2, 0.25) is 0 Å². The maximum Gasteiger partial charge on any atom is 0.244 e. The molecule has 0 aliphatic heterocycles. The van der Waals surface area contributed by atoms with Crippen LogP contribution in [-0.2, 0) is 4.74 Å². The number of ether oxygens (including phenoxy) is 1. The predicted octanol–water partition coefficient (Wildman–Crippen LogP) is 2.74. The van der Waals surface area contributed by atoms with E-state index in [4.69, 9.17) is 4.74 Å². The van der Waals surface area contributed by atoms with Crippen LogP contribution in [0.15, 0.2) is 28.9 Å². The fourth-order valence-corrected chi connectivity index (χ4v) is 1.82. The summed E-state index contributed by atoms with van der Waals surface area (Å²) < 4.78 is 6.03. The van der Waals surface area contributed by atoms with E-state index in [0.717, 1.165) is 15.7 Å². The minimum atomic E-state index is 0.473. The number of halogens is 1. The summed E-state index contributed by atoms with van der Waals surface area (Å²) in [6.45, 7) is 3.26. The van der Waals surface area contributed by atoms with Gasteiger partial charge in [0.2, 0.25) is 5.95 Å². The molecule has 0 amide bonds. The molecule has 2 rings (SSSR count). The van der Waals surface area contributed by atoms with E-state index >= 15 is 0 Å². The molecule has 0 unspecified atom stereocenters. The summed E-state index contributed by atoms with van der Waals surface area (Å²) in [7, 11) is 1.65. The Kier molecular flexibility index (Phi) is 5.25. The second-order valence-electron chi connectivity index (χ2n) is 4.17. The number of aryl methyl sites for hydroxylation is 1. The first-order valence-corrected chi connectivity index (χ1v) is 6.94. The smallest absolute Gasteiger partial charge is 0.244 e. The number of hydrogen-bond donors (Lipinski definition) is 2. The van der Waals surface area contributed by atoms with Crippen molar-refractivity contribution in [2.75, 3.05) is 30.9 Å². The monoisotopic (exact) mass is 337 g/mol. The average Bonchev–Trinajstić information content (AvgIpc) is 2.44. The second kappa shape index (κ2) is 7.16. The van der Waals surface area contributed by atoms with Gasteiger partial charge < -0.3 is 15.4 Å². The first kappa shape index (κ1) is 14.7. The van der Waals surface area contributed by atoms with Crippen molar-refractivity contribution < 1.29 is 4.74 Å². The number of aromatic nitrogens is 3. The molecule has 0 aliphatic rings. The molecule has 0 spiro atoms. The summed E-state index contributed by atoms with van der Waals surface area (Å²) in [5.41, 5.74) is 2.10. The maximum atomic E-state index is 4.96. The molecule has 106 valence electrons. The molecule has 7 heteroatoms. The van der Waals surface area contributed by atoms with Crippen LogP contribution in [0.3, 0.4) is 0 Å². The number of nitrogens with zero attached hydrogens (tertiary/aromatic N) is 3. The third-order valence-corrected chi connectivity index (χ3v) is 3.47. The fraction of sp³-hybridized carbons (Fsp3) is 0.308. The third kappa shape index (κ3) is 4.14. The number of anilines is 3. The van der Waals surface area contributed by atoms with Gasteiger partial charge in [-0.1, -0.05) is 15.9 Å². The molecule has 1 heterocycles. The predicted molar refractivity (Wildman–Crippen MR) is 82.4 cm³/mol. The average molecular weight is 338 g/mol. The van der Waals surface area contributed by atoms with E-state index in [1.165, 1.54) is 0 Å². The number of rotatable bonds is 6. The van der Waals surface area contributed by atoms with Crippen LogP contribution in [0.4, 0.5) is 17.5 Å². The first-order chi connectivity index (χ1) is 9.69. The zero-order valence-electron chi connectivity index (χ0n) is 11.4. The summed E-state index contributed by atoms with van der Waals surface area (Å²) in [6.07, 6.45) is 1.58. The standard InChI is InChI=1S/C13H16BrN5O/c1-9-7-10(3-4-11(9)14)17-12-8-16-19-13(18-12)15-5-6-20-2/h3-4,7-8H,5-6H2,1-2H3,(H2,15,17,18,19). The van der Waals surface area contributed by atoms with Gasteiger partial charge in [-0.05, 0) is 30.7 Å². The quantitative estimate of drug-likeness (QED) is 0.789. The summed E-state index contributed by atoms with van der Waals surface area (Å²) >= 11 is 3.47. The van der Waals surface area contributed by atoms with Crippen molar-refractivity contribution in [3.05, 3.63) is 34.4 Å². The number of benzene rings is 1. The Labute approximate surface area is 126 Å². The minimum Gasteiger partial charge on any atom is -0.383 e. The number of hydrogen-bond acceptors (Lipinski definition) is 6. The molecule has 0 saturated carbocycles. The van der Waals surface area contributed by atoms with Crippen molar-refractivity contribution >= 4 is 33.4 Å². The lowest BCUT2D eigenvalue weighted by atomic mass is 10.2. The van der Waals surface area contributed by atoms with Crippen LogP contribution in [-0.4, -0.2) is 35.4 Å². The van der Waals surface area contributed by atoms with Crippen molar-refractivity contribution in [3.8, 4) is 0 Å². The van der Waals surface area contributed by atoms with Crippen LogP contribution in [0, 0.1) is 6.92 Å². The van der Waals surface area contributed by atoms with Crippen LogP contribution in [0.25, 0.3) is 0 Å². The maximum absolute atomic E-state index is 4.96. The largest absolute Gasteiger partial charge is 0.383 e. The van der Waals surface area contributed by atoms with Crippen molar-refractivity contribution in [1.29, 1.82) is 0 Å². The van der Waals surface area contributed by atoms with E-state index < -0.39 is 0 Å². The van der Waals surface area contributed by atoms with E-state index in [1.807, 2.05) is 25.1 Å². The Morgan fingerprint density at radius 1 is 1.35 bits per heavy atom. The Hall–Kier alpha value is -1.73. The molecule has 20 heavy (non-hydrogen) atoms. The van der Waals surface area contributed by atoms with Crippen molar-refractivity contribution in [2.24, 2.45) is 0 Å². The number of nitrogens with one attached hydrogen (secondary N) is 2. The summed E-state index contributed by atoms with van der Waals surface area (Å²) in [4.78, 5) is 4.33. The first-order valence-electron chi connectivity index (χ1n) is 6.15. The van der Waals surface area contributed by atoms with Gasteiger partial charge in [-0.25, -0.2) is 0 Å². The van der Waals surface area contributed by atoms with Crippen molar-refractivity contribution in [2.45, 2.75) is 6.92 Å². The second-order valence-corrected chi connectivity index (χ2v) is 5.03. The Bertz CT molecular complexity index is 578. The SMILES string of the molecule is COCCNc1nncc(Nc2ccc(Br)c(C)c2)n1. The van der Waals surface area contributed by atoms with Crippen molar-refractivity contribution in [1.82, 2.24) is 15.2 Å². The lowest BCUT2D eigenvalue weighted by Gasteiger charge is -2.08. The van der Waals surface area contributed by atoms with Gasteiger partial charge in [0.1, 0.15) is 0 Å². The highest BCUT2D eigenvalue weighted by atomic mass is 79.9. The highest BCUT2D eigenvalue weighted by Crippen LogP contribution is 2.22. The molecule has 0 fully saturated rings. The van der Waals surface area contributed by atoms with Gasteiger partial charge in [-0.15, -0.1) is 5.10 Å². The summed E-state index contributed by atoms with van der Waals surface area (Å²) in [5.74, 6) is 1.11. The molecular formula is C13H16BrN5O. The van der Waals surface area contributed by atoms with Crippen LogP contribution in [0.5, 0.6) is 0 Å². The molecule has 0 bridgehead atoms. The van der Waals surface area contributed by atoms with Crippen LogP contribution < -0.4 is 10.6 Å². The van der Waals surface area contributed by atoms with E-state index in [1.54, 1.807) is 13.3 Å². The zero-order chi connectivity index (χ0) is 14.4. The van der Waals surface area contributed by atoms with E-state index in [9.17, 15) is 0 Å². The molecule has 0 atom stereocenters. The molecule has 1 aromatic carbocycles. The molecular weight excluding hydrogens is 322 g/mol. The van der Waals surface area contributed by atoms with E-state index in [2.05, 4.69) is 41.7 Å². The van der Waals surface area contributed by atoms with Gasteiger partial charge in [0.05, 0.1) is 12.8 Å². The van der Waals surface area contributed by atoms with Crippen molar-refractivity contribution in [3.63, 3.8) is 0 Å². The molecule has 0 saturated heterocycles. The summed E-state index contributed by atoms with van der Waals surface area (Å²) in [6, 6.07) is 5.99. The Balaban J connectivity index is 2.05. The topological polar surface area (TPSA) is 72.0 Å². The molecule has 2 aromatic rings. The summed E-state index contributed by atoms with van der Waals surface area (Å²) in [5, 5.41) is 14.1. The minimum absolute atomic E-state index is 0.473. The Morgan fingerprint density at radius 3 is 2.95 bits per heavy atom. The highest BCUT2D eigenvalue weighted by molar-refractivity contribution is 9.10. The van der Waals surface area contributed by atoms with Gasteiger partial charge in [-0.3, -0.25) is 0 Å². The van der Waals surface area contributed by atoms with Gasteiger partial charge in [0.25, 0.3) is 0 Å². The van der Waals surface area contributed by atoms with Crippen LogP contribution in [0.1, 0.15) is 5.56 Å². The number of methoxy groups -OCH3 is 1. The molecule has 2 N–H and O–H groups in total. The lowest BCUT2D eigenvalue weighted by Crippen LogP contribution is -2.11. The van der Waals surface area contributed by atoms with Crippen LogP contribution >= 0.6 is 15.9 Å². The van der Waals surface area contributed by atoms with E-state index in [0.29, 0.717) is 24.9 Å². The molecule has 1 aromatic heterocycles. The zero-order valence-corrected chi connectivity index (χ0v) is 12.9. The van der Waals surface area contributed by atoms with Gasteiger partial charge in [0, 0.05) is 23.8 Å². The van der Waals surface area contributed by atoms with Gasteiger partial charge in [-0.2, -0.15) is 10.1 Å². The molecule has 0 radical (unpaired) electrons. The lowest BCUT2D eigenvalue weighted by molar-refractivity contribution is 0.210. The highest BCUT2D eigenvalue weighted by Gasteiger charge is 2.02. The van der Waals surface area contributed by atoms with Gasteiger partial charge >= 0.3 is 0 Å². The fourth-order valence-electron chi connectivity index (χ4n) is 1.57. The van der Waals surface area contributed by atoms with E-state index in [-0.39, 0.29) is 0 Å². The molecule has 6 nitrogen and oxygen atoms in total.